The molecule has 9 heteroatoms. The van der Waals surface area contributed by atoms with Crippen molar-refractivity contribution >= 4 is 11.9 Å². The van der Waals surface area contributed by atoms with E-state index in [1.807, 2.05) is 32.9 Å². The van der Waals surface area contributed by atoms with E-state index in [0.717, 1.165) is 24.1 Å². The fourth-order valence-electron chi connectivity index (χ4n) is 2.83. The van der Waals surface area contributed by atoms with Crippen LogP contribution in [0.1, 0.15) is 42.2 Å². The van der Waals surface area contributed by atoms with Gasteiger partial charge in [-0.25, -0.2) is 9.59 Å². The van der Waals surface area contributed by atoms with E-state index in [1.54, 1.807) is 0 Å². The molecule has 0 bridgehead atoms. The van der Waals surface area contributed by atoms with Crippen molar-refractivity contribution in [3.8, 4) is 0 Å². The monoisotopic (exact) mass is 467 g/mol. The Labute approximate surface area is 190 Å². The lowest BCUT2D eigenvalue weighted by molar-refractivity contribution is -0.137. The third-order valence-corrected chi connectivity index (χ3v) is 4.51. The standard InChI is InChI=1S/C20H24F3NO.C4H4O4/c1-14-7-9-15(10-8-14)12-19(2,3)24-13-18(25)16-5-4-6-17(11-16)20(21,22)23;5-3(6)1-2-4(7)8/h4-11,18,24-25H,12-13H2,1-3H3;1-2H,(H,5,6)(H,7,8)/b;2-1+. The summed E-state index contributed by atoms with van der Waals surface area (Å²) >= 11 is 0. The Morgan fingerprint density at radius 2 is 1.55 bits per heavy atom. The summed E-state index contributed by atoms with van der Waals surface area (Å²) in [5.74, 6) is -2.51. The summed E-state index contributed by atoms with van der Waals surface area (Å²) in [6.07, 6.45) is -3.54. The Hall–Kier alpha value is -3.17. The predicted octanol–water partition coefficient (Wildman–Crippen LogP) is 4.37. The van der Waals surface area contributed by atoms with E-state index in [-0.39, 0.29) is 17.6 Å². The number of aliphatic hydroxyl groups excluding tert-OH is 1. The third kappa shape index (κ3) is 11.3. The van der Waals surface area contributed by atoms with Gasteiger partial charge in [-0.1, -0.05) is 42.0 Å². The molecule has 0 aliphatic rings. The molecular weight excluding hydrogens is 439 g/mol. The molecule has 2 aromatic rings. The van der Waals surface area contributed by atoms with Crippen LogP contribution in [-0.4, -0.2) is 39.3 Å². The van der Waals surface area contributed by atoms with Crippen LogP contribution in [0.15, 0.2) is 60.7 Å². The van der Waals surface area contributed by atoms with Gasteiger partial charge in [-0.15, -0.1) is 0 Å². The van der Waals surface area contributed by atoms with Crippen molar-refractivity contribution in [1.82, 2.24) is 5.32 Å². The number of hydrogen-bond donors (Lipinski definition) is 4. The van der Waals surface area contributed by atoms with Gasteiger partial charge in [0.05, 0.1) is 11.7 Å². The highest BCUT2D eigenvalue weighted by atomic mass is 19.4. The van der Waals surface area contributed by atoms with E-state index in [9.17, 15) is 27.9 Å². The summed E-state index contributed by atoms with van der Waals surface area (Å²) in [6, 6.07) is 13.0. The molecule has 0 aromatic heterocycles. The van der Waals surface area contributed by atoms with Gasteiger partial charge >= 0.3 is 18.1 Å². The van der Waals surface area contributed by atoms with E-state index in [1.165, 1.54) is 17.7 Å². The number of aliphatic carboxylic acids is 2. The number of carboxylic acids is 2. The zero-order valence-electron chi connectivity index (χ0n) is 18.6. The first kappa shape index (κ1) is 27.9. The second-order valence-electron chi connectivity index (χ2n) is 8.08. The number of carbonyl (C=O) groups is 2. The van der Waals surface area contributed by atoms with Crippen LogP contribution in [0.4, 0.5) is 13.2 Å². The maximum absolute atomic E-state index is 12.8. The Morgan fingerprint density at radius 3 is 2.03 bits per heavy atom. The number of benzene rings is 2. The Bertz CT molecular complexity index is 937. The second kappa shape index (κ2) is 12.2. The van der Waals surface area contributed by atoms with E-state index in [2.05, 4.69) is 17.4 Å². The first-order valence-corrected chi connectivity index (χ1v) is 9.99. The zero-order chi connectivity index (χ0) is 25.2. The minimum atomic E-state index is -4.41. The van der Waals surface area contributed by atoms with Crippen LogP contribution in [0, 0.1) is 6.92 Å². The lowest BCUT2D eigenvalue weighted by Crippen LogP contribution is -2.43. The van der Waals surface area contributed by atoms with Crippen LogP contribution >= 0.6 is 0 Å². The Balaban J connectivity index is 0.000000582. The molecule has 0 spiro atoms. The Morgan fingerprint density at radius 1 is 1.00 bits per heavy atom. The SMILES string of the molecule is Cc1ccc(CC(C)(C)NCC(O)c2cccc(C(F)(F)F)c2)cc1.O=C(O)/C=C/C(=O)O. The average molecular weight is 467 g/mol. The summed E-state index contributed by atoms with van der Waals surface area (Å²) in [5, 5.41) is 29.1. The summed E-state index contributed by atoms with van der Waals surface area (Å²) < 4.78 is 38.3. The number of aliphatic hydroxyl groups is 1. The van der Waals surface area contributed by atoms with Crippen molar-refractivity contribution in [3.05, 3.63) is 82.9 Å². The van der Waals surface area contributed by atoms with Crippen molar-refractivity contribution in [1.29, 1.82) is 0 Å². The van der Waals surface area contributed by atoms with Gasteiger partial charge in [-0.3, -0.25) is 0 Å². The fraction of sp³-hybridized carbons (Fsp3) is 0.333. The van der Waals surface area contributed by atoms with E-state index >= 15 is 0 Å². The molecule has 0 amide bonds. The van der Waals surface area contributed by atoms with E-state index in [0.29, 0.717) is 12.2 Å². The van der Waals surface area contributed by atoms with Gasteiger partial charge < -0.3 is 20.6 Å². The molecular formula is C24H28F3NO5. The minimum absolute atomic E-state index is 0.181. The van der Waals surface area contributed by atoms with Crippen molar-refractivity contribution in [3.63, 3.8) is 0 Å². The molecule has 1 unspecified atom stereocenters. The lowest BCUT2D eigenvalue weighted by atomic mass is 9.94. The number of carboxylic acid groups (broad SMARTS) is 2. The molecule has 0 fully saturated rings. The topological polar surface area (TPSA) is 107 Å². The summed E-state index contributed by atoms with van der Waals surface area (Å²) in [5.41, 5.74) is 1.57. The highest BCUT2D eigenvalue weighted by Crippen LogP contribution is 2.30. The van der Waals surface area contributed by atoms with Gasteiger partial charge in [0.25, 0.3) is 0 Å². The van der Waals surface area contributed by atoms with Crippen LogP contribution < -0.4 is 5.32 Å². The number of hydrogen-bond acceptors (Lipinski definition) is 4. The fourth-order valence-corrected chi connectivity index (χ4v) is 2.83. The molecule has 33 heavy (non-hydrogen) atoms. The number of nitrogens with one attached hydrogen (secondary N) is 1. The maximum atomic E-state index is 12.8. The minimum Gasteiger partial charge on any atom is -0.478 e. The largest absolute Gasteiger partial charge is 0.478 e. The zero-order valence-corrected chi connectivity index (χ0v) is 18.6. The quantitative estimate of drug-likeness (QED) is 0.430. The first-order valence-electron chi connectivity index (χ1n) is 9.99. The van der Waals surface area contributed by atoms with Crippen molar-refractivity contribution in [2.75, 3.05) is 6.54 Å². The molecule has 4 N–H and O–H groups in total. The van der Waals surface area contributed by atoms with Gasteiger partial charge in [0.2, 0.25) is 0 Å². The van der Waals surface area contributed by atoms with E-state index in [4.69, 9.17) is 10.2 Å². The molecule has 6 nitrogen and oxygen atoms in total. The van der Waals surface area contributed by atoms with Crippen molar-refractivity contribution < 1.29 is 38.1 Å². The van der Waals surface area contributed by atoms with Crippen LogP contribution in [0.5, 0.6) is 0 Å². The number of halogens is 3. The van der Waals surface area contributed by atoms with Crippen molar-refractivity contribution in [2.45, 2.75) is 45.0 Å². The van der Waals surface area contributed by atoms with Gasteiger partial charge in [0.1, 0.15) is 0 Å². The molecule has 0 saturated heterocycles. The average Bonchev–Trinajstić information content (AvgIpc) is 2.72. The number of β-amino-alcohol motifs (C(OH)–C–C–N with tert-alkyl or cyclic N) is 1. The summed E-state index contributed by atoms with van der Waals surface area (Å²) in [7, 11) is 0. The van der Waals surface area contributed by atoms with Crippen molar-refractivity contribution in [2.24, 2.45) is 0 Å². The third-order valence-electron chi connectivity index (χ3n) is 4.51. The number of rotatable bonds is 8. The smallest absolute Gasteiger partial charge is 0.416 e. The highest BCUT2D eigenvalue weighted by molar-refractivity contribution is 5.89. The lowest BCUT2D eigenvalue weighted by Gasteiger charge is -2.28. The number of alkyl halides is 3. The van der Waals surface area contributed by atoms with Gasteiger partial charge in [-0.05, 0) is 50.5 Å². The van der Waals surface area contributed by atoms with Gasteiger partial charge in [-0.2, -0.15) is 13.2 Å². The molecule has 0 saturated carbocycles. The first-order chi connectivity index (χ1) is 15.2. The van der Waals surface area contributed by atoms with Crippen LogP contribution in [0.2, 0.25) is 0 Å². The number of aryl methyl sites for hydroxylation is 1. The van der Waals surface area contributed by atoms with E-state index < -0.39 is 29.8 Å². The molecule has 0 aliphatic heterocycles. The van der Waals surface area contributed by atoms with Gasteiger partial charge in [0.15, 0.2) is 0 Å². The Kier molecular flexibility index (Phi) is 10.3. The highest BCUT2D eigenvalue weighted by Gasteiger charge is 2.31. The van der Waals surface area contributed by atoms with Crippen LogP contribution in [0.25, 0.3) is 0 Å². The molecule has 0 heterocycles. The molecule has 180 valence electrons. The maximum Gasteiger partial charge on any atom is 0.416 e. The van der Waals surface area contributed by atoms with Crippen LogP contribution in [0.3, 0.4) is 0 Å². The predicted molar refractivity (Wildman–Crippen MR) is 118 cm³/mol. The van der Waals surface area contributed by atoms with Crippen LogP contribution in [-0.2, 0) is 22.2 Å². The normalized spacial score (nSPS) is 12.7. The molecule has 2 rings (SSSR count). The molecule has 0 aliphatic carbocycles. The summed E-state index contributed by atoms with van der Waals surface area (Å²) in [6.45, 7) is 6.22. The summed E-state index contributed by atoms with van der Waals surface area (Å²) in [4.78, 5) is 19.1. The van der Waals surface area contributed by atoms with Gasteiger partial charge in [0, 0.05) is 24.2 Å². The molecule has 2 aromatic carbocycles. The molecule has 0 radical (unpaired) electrons. The second-order valence-corrected chi connectivity index (χ2v) is 8.08. The molecule has 1 atom stereocenters.